The van der Waals surface area contributed by atoms with E-state index in [1.54, 1.807) is 0 Å². The predicted molar refractivity (Wildman–Crippen MR) is 51.7 cm³/mol. The van der Waals surface area contributed by atoms with E-state index in [4.69, 9.17) is 9.47 Å². The van der Waals surface area contributed by atoms with Crippen molar-refractivity contribution in [2.75, 3.05) is 13.2 Å². The van der Waals surface area contributed by atoms with Gasteiger partial charge in [0, 0.05) is 11.8 Å². The SMILES string of the molecule is CCC1OCC1CC1COC1CC. The molecule has 0 aromatic rings. The van der Waals surface area contributed by atoms with Crippen LogP contribution in [-0.2, 0) is 9.47 Å². The Morgan fingerprint density at radius 1 is 0.923 bits per heavy atom. The van der Waals surface area contributed by atoms with E-state index in [0.29, 0.717) is 12.2 Å². The van der Waals surface area contributed by atoms with Gasteiger partial charge in [0.15, 0.2) is 0 Å². The van der Waals surface area contributed by atoms with E-state index < -0.39 is 0 Å². The maximum atomic E-state index is 5.49. The fourth-order valence-electron chi connectivity index (χ4n) is 2.47. The minimum atomic E-state index is 0.554. The van der Waals surface area contributed by atoms with Crippen LogP contribution in [0.2, 0.25) is 0 Å². The number of ether oxygens (including phenoxy) is 2. The van der Waals surface area contributed by atoms with Crippen LogP contribution in [0.4, 0.5) is 0 Å². The lowest BCUT2D eigenvalue weighted by atomic mass is 9.81. The average molecular weight is 184 g/mol. The third kappa shape index (κ3) is 1.75. The van der Waals surface area contributed by atoms with Crippen LogP contribution in [0.5, 0.6) is 0 Å². The number of hydrogen-bond donors (Lipinski definition) is 0. The van der Waals surface area contributed by atoms with Crippen LogP contribution in [0.1, 0.15) is 33.1 Å². The Balaban J connectivity index is 1.72. The molecule has 0 radical (unpaired) electrons. The summed E-state index contributed by atoms with van der Waals surface area (Å²) in [5, 5.41) is 0. The van der Waals surface area contributed by atoms with E-state index in [-0.39, 0.29) is 0 Å². The van der Waals surface area contributed by atoms with Crippen molar-refractivity contribution in [2.24, 2.45) is 11.8 Å². The lowest BCUT2D eigenvalue weighted by molar-refractivity contribution is -0.168. The topological polar surface area (TPSA) is 18.5 Å². The molecule has 0 aromatic heterocycles. The lowest BCUT2D eigenvalue weighted by Crippen LogP contribution is -2.46. The summed E-state index contributed by atoms with van der Waals surface area (Å²) in [4.78, 5) is 0. The molecule has 2 saturated heterocycles. The Hall–Kier alpha value is -0.0800. The van der Waals surface area contributed by atoms with Gasteiger partial charge in [-0.1, -0.05) is 13.8 Å². The van der Waals surface area contributed by atoms with Gasteiger partial charge in [0.25, 0.3) is 0 Å². The lowest BCUT2D eigenvalue weighted by Gasteiger charge is -2.43. The van der Waals surface area contributed by atoms with Gasteiger partial charge in [0.05, 0.1) is 25.4 Å². The predicted octanol–water partition coefficient (Wildman–Crippen LogP) is 2.23. The van der Waals surface area contributed by atoms with Gasteiger partial charge in [-0.3, -0.25) is 0 Å². The summed E-state index contributed by atoms with van der Waals surface area (Å²) in [7, 11) is 0. The van der Waals surface area contributed by atoms with Gasteiger partial charge < -0.3 is 9.47 Å². The zero-order valence-electron chi connectivity index (χ0n) is 8.66. The molecule has 2 heteroatoms. The van der Waals surface area contributed by atoms with E-state index in [9.17, 15) is 0 Å². The van der Waals surface area contributed by atoms with Gasteiger partial charge in [-0.05, 0) is 19.3 Å². The van der Waals surface area contributed by atoms with Crippen molar-refractivity contribution in [3.8, 4) is 0 Å². The van der Waals surface area contributed by atoms with Crippen molar-refractivity contribution in [3.05, 3.63) is 0 Å². The summed E-state index contributed by atoms with van der Waals surface area (Å²) in [6.07, 6.45) is 4.79. The molecule has 0 N–H and O–H groups in total. The summed E-state index contributed by atoms with van der Waals surface area (Å²) in [5.74, 6) is 1.65. The molecule has 0 bridgehead atoms. The van der Waals surface area contributed by atoms with E-state index in [1.165, 1.54) is 19.3 Å². The minimum absolute atomic E-state index is 0.554. The highest BCUT2D eigenvalue weighted by Crippen LogP contribution is 2.35. The molecule has 76 valence electrons. The summed E-state index contributed by atoms with van der Waals surface area (Å²) in [6, 6.07) is 0. The third-order valence-corrected chi connectivity index (χ3v) is 3.51. The van der Waals surface area contributed by atoms with Crippen LogP contribution >= 0.6 is 0 Å². The molecule has 2 rings (SSSR count). The Morgan fingerprint density at radius 3 is 1.62 bits per heavy atom. The molecule has 2 heterocycles. The van der Waals surface area contributed by atoms with Gasteiger partial charge in [0.1, 0.15) is 0 Å². The van der Waals surface area contributed by atoms with Crippen LogP contribution in [0, 0.1) is 11.8 Å². The van der Waals surface area contributed by atoms with Crippen LogP contribution in [0.3, 0.4) is 0 Å². The van der Waals surface area contributed by atoms with Gasteiger partial charge in [-0.15, -0.1) is 0 Å². The molecule has 4 atom stereocenters. The van der Waals surface area contributed by atoms with E-state index in [1.807, 2.05) is 0 Å². The van der Waals surface area contributed by atoms with Crippen LogP contribution in [0.15, 0.2) is 0 Å². The Bertz CT molecular complexity index is 147. The van der Waals surface area contributed by atoms with Crippen molar-refractivity contribution in [3.63, 3.8) is 0 Å². The van der Waals surface area contributed by atoms with Gasteiger partial charge in [-0.2, -0.15) is 0 Å². The molecule has 2 aliphatic rings. The maximum absolute atomic E-state index is 5.49. The molecule has 2 fully saturated rings. The third-order valence-electron chi connectivity index (χ3n) is 3.51. The molecule has 0 saturated carbocycles. The maximum Gasteiger partial charge on any atom is 0.0622 e. The number of hydrogen-bond acceptors (Lipinski definition) is 2. The number of rotatable bonds is 4. The minimum Gasteiger partial charge on any atom is -0.377 e. The zero-order chi connectivity index (χ0) is 9.26. The second-order valence-corrected chi connectivity index (χ2v) is 4.32. The Morgan fingerprint density at radius 2 is 1.38 bits per heavy atom. The monoisotopic (exact) mass is 184 g/mol. The van der Waals surface area contributed by atoms with Crippen molar-refractivity contribution in [2.45, 2.75) is 45.3 Å². The second kappa shape index (κ2) is 3.97. The zero-order valence-corrected chi connectivity index (χ0v) is 8.66. The fraction of sp³-hybridized carbons (Fsp3) is 1.00. The van der Waals surface area contributed by atoms with E-state index in [2.05, 4.69) is 13.8 Å². The van der Waals surface area contributed by atoms with Crippen molar-refractivity contribution < 1.29 is 9.47 Å². The van der Waals surface area contributed by atoms with Crippen molar-refractivity contribution in [1.82, 2.24) is 0 Å². The second-order valence-electron chi connectivity index (χ2n) is 4.32. The molecule has 0 aromatic carbocycles. The first-order valence-electron chi connectivity index (χ1n) is 5.58. The van der Waals surface area contributed by atoms with Gasteiger partial charge >= 0.3 is 0 Å². The molecule has 0 amide bonds. The fourth-order valence-corrected chi connectivity index (χ4v) is 2.47. The first kappa shape index (κ1) is 9.47. The van der Waals surface area contributed by atoms with Crippen molar-refractivity contribution >= 4 is 0 Å². The smallest absolute Gasteiger partial charge is 0.0622 e. The molecule has 4 unspecified atom stereocenters. The molecule has 2 aliphatic heterocycles. The van der Waals surface area contributed by atoms with E-state index in [0.717, 1.165) is 25.0 Å². The quantitative estimate of drug-likeness (QED) is 0.667. The highest BCUT2D eigenvalue weighted by Gasteiger charge is 2.38. The molecule has 2 nitrogen and oxygen atoms in total. The Labute approximate surface area is 80.6 Å². The first-order valence-corrected chi connectivity index (χ1v) is 5.58. The van der Waals surface area contributed by atoms with E-state index >= 15 is 0 Å². The molecule has 0 spiro atoms. The molecular weight excluding hydrogens is 164 g/mol. The first-order chi connectivity index (χ1) is 6.35. The van der Waals surface area contributed by atoms with Crippen LogP contribution in [-0.4, -0.2) is 25.4 Å². The highest BCUT2D eigenvalue weighted by molar-refractivity contribution is 4.86. The normalized spacial score (nSPS) is 43.8. The molecule has 13 heavy (non-hydrogen) atoms. The van der Waals surface area contributed by atoms with Gasteiger partial charge in [0.2, 0.25) is 0 Å². The standard InChI is InChI=1S/C11H20O2/c1-3-10-8(6-12-10)5-9-7-13-11(9)4-2/h8-11H,3-7H2,1-2H3. The van der Waals surface area contributed by atoms with Crippen LogP contribution in [0.25, 0.3) is 0 Å². The van der Waals surface area contributed by atoms with Crippen LogP contribution < -0.4 is 0 Å². The van der Waals surface area contributed by atoms with Crippen molar-refractivity contribution in [1.29, 1.82) is 0 Å². The molecular formula is C11H20O2. The molecule has 0 aliphatic carbocycles. The summed E-state index contributed by atoms with van der Waals surface area (Å²) >= 11 is 0. The summed E-state index contributed by atoms with van der Waals surface area (Å²) in [5.41, 5.74) is 0. The van der Waals surface area contributed by atoms with Gasteiger partial charge in [-0.25, -0.2) is 0 Å². The highest BCUT2D eigenvalue weighted by atomic mass is 16.5. The largest absolute Gasteiger partial charge is 0.377 e. The average Bonchev–Trinajstić information content (AvgIpc) is 2.02. The summed E-state index contributed by atoms with van der Waals surface area (Å²) in [6.45, 7) is 6.41. The Kier molecular flexibility index (Phi) is 2.89. The summed E-state index contributed by atoms with van der Waals surface area (Å²) < 4.78 is 11.0.